The number of hydrogen-bond donors (Lipinski definition) is 1. The van der Waals surface area contributed by atoms with E-state index in [2.05, 4.69) is 26.2 Å². The molecule has 0 atom stereocenters. The van der Waals surface area contributed by atoms with Crippen molar-refractivity contribution in [2.24, 2.45) is 0 Å². The number of pyridine rings is 1. The van der Waals surface area contributed by atoms with Crippen molar-refractivity contribution in [2.75, 3.05) is 50.6 Å². The van der Waals surface area contributed by atoms with Crippen LogP contribution in [0.2, 0.25) is 5.02 Å². The molecule has 2 heterocycles. The summed E-state index contributed by atoms with van der Waals surface area (Å²) >= 11 is 6.34. The predicted octanol–water partition coefficient (Wildman–Crippen LogP) is 4.72. The highest BCUT2D eigenvalue weighted by atomic mass is 35.5. The summed E-state index contributed by atoms with van der Waals surface area (Å²) in [6.07, 6.45) is 2.74. The molecule has 1 saturated heterocycles. The SMILES string of the molecule is COc1ccc(C(=O)Nc2ccc(N3CCCN(Cc4ccccc4Cl)CC3)nc2)cc1OC. The Hall–Kier alpha value is -3.29. The summed E-state index contributed by atoms with van der Waals surface area (Å²) in [6, 6.07) is 16.9. The van der Waals surface area contributed by atoms with Gasteiger partial charge in [0.05, 0.1) is 26.1 Å². The molecular weight excluding hydrogens is 452 g/mol. The van der Waals surface area contributed by atoms with Crippen molar-refractivity contribution in [3.63, 3.8) is 0 Å². The van der Waals surface area contributed by atoms with Crippen LogP contribution in [0.5, 0.6) is 11.5 Å². The topological polar surface area (TPSA) is 66.9 Å². The molecular formula is C26H29ClN4O3. The van der Waals surface area contributed by atoms with E-state index in [9.17, 15) is 4.79 Å². The van der Waals surface area contributed by atoms with E-state index in [-0.39, 0.29) is 5.91 Å². The second kappa shape index (κ2) is 11.2. The van der Waals surface area contributed by atoms with Crippen molar-refractivity contribution in [2.45, 2.75) is 13.0 Å². The molecule has 0 unspecified atom stereocenters. The average Bonchev–Trinajstić information content (AvgIpc) is 3.11. The summed E-state index contributed by atoms with van der Waals surface area (Å²) in [4.78, 5) is 22.0. The van der Waals surface area contributed by atoms with Gasteiger partial charge in [0.15, 0.2) is 11.5 Å². The first-order valence-electron chi connectivity index (χ1n) is 11.3. The van der Waals surface area contributed by atoms with Crippen molar-refractivity contribution >= 4 is 29.0 Å². The van der Waals surface area contributed by atoms with Gasteiger partial charge in [0.2, 0.25) is 0 Å². The largest absolute Gasteiger partial charge is 0.493 e. The van der Waals surface area contributed by atoms with Crippen molar-refractivity contribution in [1.82, 2.24) is 9.88 Å². The van der Waals surface area contributed by atoms with E-state index in [1.807, 2.05) is 30.3 Å². The Balaban J connectivity index is 1.35. The van der Waals surface area contributed by atoms with E-state index < -0.39 is 0 Å². The van der Waals surface area contributed by atoms with Gasteiger partial charge in [0.1, 0.15) is 5.82 Å². The Bertz CT molecular complexity index is 1120. The number of hydrogen-bond acceptors (Lipinski definition) is 6. The van der Waals surface area contributed by atoms with Crippen molar-refractivity contribution in [3.8, 4) is 11.5 Å². The molecule has 1 fully saturated rings. The van der Waals surface area contributed by atoms with Gasteiger partial charge in [-0.3, -0.25) is 9.69 Å². The minimum atomic E-state index is -0.236. The lowest BCUT2D eigenvalue weighted by molar-refractivity contribution is 0.102. The Morgan fingerprint density at radius 3 is 2.56 bits per heavy atom. The fourth-order valence-electron chi connectivity index (χ4n) is 4.05. The van der Waals surface area contributed by atoms with Gasteiger partial charge in [-0.1, -0.05) is 29.8 Å². The molecule has 0 radical (unpaired) electrons. The number of anilines is 2. The molecule has 2 aromatic carbocycles. The Kier molecular flexibility index (Phi) is 7.87. The second-order valence-corrected chi connectivity index (χ2v) is 8.54. The second-order valence-electron chi connectivity index (χ2n) is 8.14. The lowest BCUT2D eigenvalue weighted by Crippen LogP contribution is -2.31. The highest BCUT2D eigenvalue weighted by Gasteiger charge is 2.17. The van der Waals surface area contributed by atoms with Gasteiger partial charge in [0.25, 0.3) is 5.91 Å². The Labute approximate surface area is 205 Å². The fraction of sp³-hybridized carbons (Fsp3) is 0.308. The molecule has 1 amide bonds. The van der Waals surface area contributed by atoms with Crippen LogP contribution in [-0.4, -0.2) is 56.2 Å². The summed E-state index contributed by atoms with van der Waals surface area (Å²) < 4.78 is 10.5. The third-order valence-electron chi connectivity index (χ3n) is 5.92. The number of ether oxygens (including phenoxy) is 2. The zero-order valence-corrected chi connectivity index (χ0v) is 20.2. The van der Waals surface area contributed by atoms with Crippen LogP contribution in [0.15, 0.2) is 60.8 Å². The van der Waals surface area contributed by atoms with Crippen LogP contribution in [0.25, 0.3) is 0 Å². The van der Waals surface area contributed by atoms with E-state index in [1.54, 1.807) is 38.6 Å². The zero-order valence-electron chi connectivity index (χ0n) is 19.5. The van der Waals surface area contributed by atoms with E-state index in [0.29, 0.717) is 22.7 Å². The molecule has 0 saturated carbocycles. The Morgan fingerprint density at radius 2 is 1.82 bits per heavy atom. The number of methoxy groups -OCH3 is 2. The van der Waals surface area contributed by atoms with Gasteiger partial charge in [0, 0.05) is 43.3 Å². The standard InChI is InChI=1S/C26H29ClN4O3/c1-33-23-10-8-19(16-24(23)34-2)26(32)29-21-9-11-25(28-17-21)31-13-5-12-30(14-15-31)18-20-6-3-4-7-22(20)27/h3-4,6-11,16-17H,5,12-15,18H2,1-2H3,(H,29,32). The molecule has 4 rings (SSSR count). The molecule has 8 heteroatoms. The molecule has 0 aliphatic carbocycles. The first-order valence-corrected chi connectivity index (χ1v) is 11.7. The average molecular weight is 481 g/mol. The first kappa shape index (κ1) is 23.9. The number of nitrogens with one attached hydrogen (secondary N) is 1. The molecule has 0 bridgehead atoms. The molecule has 34 heavy (non-hydrogen) atoms. The zero-order chi connectivity index (χ0) is 23.9. The molecule has 178 valence electrons. The fourth-order valence-corrected chi connectivity index (χ4v) is 4.25. The van der Waals surface area contributed by atoms with E-state index in [1.165, 1.54) is 0 Å². The van der Waals surface area contributed by atoms with Gasteiger partial charge >= 0.3 is 0 Å². The number of halogens is 1. The number of amides is 1. The van der Waals surface area contributed by atoms with Crippen molar-refractivity contribution < 1.29 is 14.3 Å². The third-order valence-corrected chi connectivity index (χ3v) is 6.28. The van der Waals surface area contributed by atoms with Crippen LogP contribution >= 0.6 is 11.6 Å². The van der Waals surface area contributed by atoms with Crippen molar-refractivity contribution in [3.05, 3.63) is 76.9 Å². The number of carbonyl (C=O) groups is 1. The minimum Gasteiger partial charge on any atom is -0.493 e. The van der Waals surface area contributed by atoms with E-state index in [4.69, 9.17) is 21.1 Å². The lowest BCUT2D eigenvalue weighted by atomic mass is 10.2. The minimum absolute atomic E-state index is 0.236. The molecule has 7 nitrogen and oxygen atoms in total. The number of carbonyl (C=O) groups excluding carboxylic acids is 1. The lowest BCUT2D eigenvalue weighted by Gasteiger charge is -2.23. The van der Waals surface area contributed by atoms with Gasteiger partial charge in [-0.15, -0.1) is 0 Å². The van der Waals surface area contributed by atoms with Gasteiger partial charge in [-0.2, -0.15) is 0 Å². The quantitative estimate of drug-likeness (QED) is 0.528. The number of nitrogens with zero attached hydrogens (tertiary/aromatic N) is 3. The normalized spacial score (nSPS) is 14.4. The van der Waals surface area contributed by atoms with Gasteiger partial charge < -0.3 is 19.7 Å². The number of rotatable bonds is 7. The molecule has 1 aliphatic rings. The maximum absolute atomic E-state index is 12.7. The summed E-state index contributed by atoms with van der Waals surface area (Å²) in [5.74, 6) is 1.76. The van der Waals surface area contributed by atoms with E-state index in [0.717, 1.165) is 55.5 Å². The smallest absolute Gasteiger partial charge is 0.255 e. The maximum Gasteiger partial charge on any atom is 0.255 e. The molecule has 3 aromatic rings. The number of benzene rings is 2. The monoisotopic (exact) mass is 480 g/mol. The van der Waals surface area contributed by atoms with Crippen LogP contribution in [-0.2, 0) is 6.54 Å². The van der Waals surface area contributed by atoms with Crippen LogP contribution < -0.4 is 19.7 Å². The van der Waals surface area contributed by atoms with Gasteiger partial charge in [-0.25, -0.2) is 4.98 Å². The van der Waals surface area contributed by atoms with E-state index >= 15 is 0 Å². The highest BCUT2D eigenvalue weighted by Crippen LogP contribution is 2.28. The van der Waals surface area contributed by atoms with Crippen molar-refractivity contribution in [1.29, 1.82) is 0 Å². The molecule has 1 N–H and O–H groups in total. The summed E-state index contributed by atoms with van der Waals surface area (Å²) in [5, 5.41) is 3.71. The molecule has 1 aromatic heterocycles. The number of aromatic nitrogens is 1. The summed E-state index contributed by atoms with van der Waals surface area (Å²) in [5.41, 5.74) is 2.27. The Morgan fingerprint density at radius 1 is 1.00 bits per heavy atom. The van der Waals surface area contributed by atoms with Crippen LogP contribution in [0.4, 0.5) is 11.5 Å². The van der Waals surface area contributed by atoms with Crippen LogP contribution in [0.1, 0.15) is 22.3 Å². The van der Waals surface area contributed by atoms with Crippen LogP contribution in [0.3, 0.4) is 0 Å². The highest BCUT2D eigenvalue weighted by molar-refractivity contribution is 6.31. The molecule has 1 aliphatic heterocycles. The summed E-state index contributed by atoms with van der Waals surface area (Å²) in [6.45, 7) is 4.62. The third kappa shape index (κ3) is 5.79. The van der Waals surface area contributed by atoms with Crippen LogP contribution in [0, 0.1) is 0 Å². The van der Waals surface area contributed by atoms with Gasteiger partial charge in [-0.05, 0) is 48.4 Å². The molecule has 0 spiro atoms. The predicted molar refractivity (Wildman–Crippen MR) is 135 cm³/mol. The first-order chi connectivity index (χ1) is 16.6. The maximum atomic E-state index is 12.7. The summed E-state index contributed by atoms with van der Waals surface area (Å²) in [7, 11) is 3.10.